The molecule has 1 heterocycles. The van der Waals surface area contributed by atoms with Gasteiger partial charge in [-0.15, -0.1) is 0 Å². The third-order valence-corrected chi connectivity index (χ3v) is 4.64. The SMILES string of the molecule is CCCCC[C@@H](O)/C=C/[C@H]1NC(=O)C[C@@H]1CCCCCCC(=O)O. The van der Waals surface area contributed by atoms with Gasteiger partial charge in [0.15, 0.2) is 0 Å². The number of carbonyl (C=O) groups is 2. The Morgan fingerprint density at radius 3 is 2.71 bits per heavy atom. The van der Waals surface area contributed by atoms with Gasteiger partial charge >= 0.3 is 5.97 Å². The summed E-state index contributed by atoms with van der Waals surface area (Å²) in [5.74, 6) is -0.361. The summed E-state index contributed by atoms with van der Waals surface area (Å²) in [6, 6.07) is 0.0253. The lowest BCUT2D eigenvalue weighted by atomic mass is 9.93. The molecule has 0 unspecified atom stereocenters. The Kier molecular flexibility index (Phi) is 10.4. The molecule has 138 valence electrons. The fourth-order valence-electron chi connectivity index (χ4n) is 3.20. The largest absolute Gasteiger partial charge is 0.481 e. The molecule has 3 atom stereocenters. The molecule has 1 saturated heterocycles. The van der Waals surface area contributed by atoms with Crippen LogP contribution in [0.3, 0.4) is 0 Å². The fourth-order valence-corrected chi connectivity index (χ4v) is 3.20. The van der Waals surface area contributed by atoms with Crippen molar-refractivity contribution < 1.29 is 19.8 Å². The zero-order valence-corrected chi connectivity index (χ0v) is 14.9. The predicted octanol–water partition coefficient (Wildman–Crippen LogP) is 3.41. The smallest absolute Gasteiger partial charge is 0.303 e. The van der Waals surface area contributed by atoms with Crippen molar-refractivity contribution in [2.24, 2.45) is 5.92 Å². The summed E-state index contributed by atoms with van der Waals surface area (Å²) in [7, 11) is 0. The van der Waals surface area contributed by atoms with Gasteiger partial charge in [0, 0.05) is 12.8 Å². The summed E-state index contributed by atoms with van der Waals surface area (Å²) in [5.41, 5.74) is 0. The predicted molar refractivity (Wildman–Crippen MR) is 94.7 cm³/mol. The summed E-state index contributed by atoms with van der Waals surface area (Å²) >= 11 is 0. The minimum absolute atomic E-state index is 0.0253. The second-order valence-corrected chi connectivity index (χ2v) is 6.85. The van der Waals surface area contributed by atoms with Crippen molar-refractivity contribution in [1.29, 1.82) is 0 Å². The first-order chi connectivity index (χ1) is 11.5. The molecule has 0 aromatic carbocycles. The van der Waals surface area contributed by atoms with E-state index in [0.717, 1.165) is 57.8 Å². The summed E-state index contributed by atoms with van der Waals surface area (Å²) in [6.45, 7) is 2.14. The molecule has 0 saturated carbocycles. The maximum Gasteiger partial charge on any atom is 0.303 e. The summed E-state index contributed by atoms with van der Waals surface area (Å²) in [5, 5.41) is 21.5. The standard InChI is InChI=1S/C19H33NO4/c1-2-3-6-10-16(21)12-13-17-15(14-18(22)20-17)9-7-4-5-8-11-19(23)24/h12-13,15-17,21H,2-11,14H2,1H3,(H,20,22)(H,23,24)/b13-12+/t15-,16+,17+/m0/s1. The van der Waals surface area contributed by atoms with Crippen molar-refractivity contribution in [3.63, 3.8) is 0 Å². The number of rotatable bonds is 13. The van der Waals surface area contributed by atoms with Crippen molar-refractivity contribution in [3.8, 4) is 0 Å². The Morgan fingerprint density at radius 2 is 2.00 bits per heavy atom. The molecule has 1 amide bonds. The van der Waals surface area contributed by atoms with Gasteiger partial charge in [-0.05, 0) is 25.2 Å². The molecule has 5 heteroatoms. The van der Waals surface area contributed by atoms with E-state index < -0.39 is 12.1 Å². The monoisotopic (exact) mass is 339 g/mol. The highest BCUT2D eigenvalue weighted by molar-refractivity contribution is 5.79. The minimum atomic E-state index is -0.733. The van der Waals surface area contributed by atoms with E-state index in [9.17, 15) is 14.7 Å². The minimum Gasteiger partial charge on any atom is -0.481 e. The van der Waals surface area contributed by atoms with Crippen LogP contribution in [0.4, 0.5) is 0 Å². The van der Waals surface area contributed by atoms with Crippen molar-refractivity contribution in [1.82, 2.24) is 5.32 Å². The zero-order valence-electron chi connectivity index (χ0n) is 14.9. The number of hydrogen-bond acceptors (Lipinski definition) is 3. The van der Waals surface area contributed by atoms with Gasteiger partial charge in [-0.3, -0.25) is 9.59 Å². The molecule has 5 nitrogen and oxygen atoms in total. The molecular formula is C19H33NO4. The van der Waals surface area contributed by atoms with Gasteiger partial charge in [-0.1, -0.05) is 57.6 Å². The molecule has 1 fully saturated rings. The lowest BCUT2D eigenvalue weighted by Crippen LogP contribution is -2.27. The highest BCUT2D eigenvalue weighted by Crippen LogP contribution is 2.24. The number of amides is 1. The van der Waals surface area contributed by atoms with E-state index in [1.54, 1.807) is 0 Å². The van der Waals surface area contributed by atoms with Gasteiger partial charge in [0.1, 0.15) is 0 Å². The molecule has 1 rings (SSSR count). The third kappa shape index (κ3) is 9.06. The molecule has 3 N–H and O–H groups in total. The number of nitrogens with one attached hydrogen (secondary N) is 1. The van der Waals surface area contributed by atoms with Gasteiger partial charge < -0.3 is 15.5 Å². The van der Waals surface area contributed by atoms with Crippen LogP contribution in [-0.2, 0) is 9.59 Å². The molecule has 1 aliphatic heterocycles. The van der Waals surface area contributed by atoms with E-state index in [-0.39, 0.29) is 24.3 Å². The average Bonchev–Trinajstić information content (AvgIpc) is 2.88. The van der Waals surface area contributed by atoms with E-state index in [2.05, 4.69) is 12.2 Å². The molecule has 0 spiro atoms. The quantitative estimate of drug-likeness (QED) is 0.354. The first-order valence-electron chi connectivity index (χ1n) is 9.40. The lowest BCUT2D eigenvalue weighted by Gasteiger charge is -2.16. The van der Waals surface area contributed by atoms with Crippen molar-refractivity contribution in [2.45, 2.75) is 89.7 Å². The highest BCUT2D eigenvalue weighted by atomic mass is 16.4. The van der Waals surface area contributed by atoms with Crippen molar-refractivity contribution in [3.05, 3.63) is 12.2 Å². The van der Waals surface area contributed by atoms with Crippen LogP contribution >= 0.6 is 0 Å². The second kappa shape index (κ2) is 12.1. The Morgan fingerprint density at radius 1 is 1.25 bits per heavy atom. The van der Waals surface area contributed by atoms with Crippen LogP contribution < -0.4 is 5.32 Å². The number of hydrogen-bond donors (Lipinski definition) is 3. The first kappa shape index (κ1) is 20.7. The van der Waals surface area contributed by atoms with E-state index in [0.29, 0.717) is 6.42 Å². The molecule has 0 aromatic rings. The van der Waals surface area contributed by atoms with Crippen LogP contribution in [0.25, 0.3) is 0 Å². The number of carboxylic acid groups (broad SMARTS) is 1. The average molecular weight is 339 g/mol. The van der Waals surface area contributed by atoms with E-state index in [1.807, 2.05) is 12.2 Å². The second-order valence-electron chi connectivity index (χ2n) is 6.85. The van der Waals surface area contributed by atoms with E-state index in [4.69, 9.17) is 5.11 Å². The van der Waals surface area contributed by atoms with Crippen LogP contribution in [0, 0.1) is 5.92 Å². The van der Waals surface area contributed by atoms with Gasteiger partial charge in [0.2, 0.25) is 5.91 Å². The Bertz CT molecular complexity index is 408. The van der Waals surface area contributed by atoms with Crippen molar-refractivity contribution in [2.75, 3.05) is 0 Å². The fraction of sp³-hybridized carbons (Fsp3) is 0.789. The van der Waals surface area contributed by atoms with Gasteiger partial charge in [0.05, 0.1) is 12.1 Å². The summed E-state index contributed by atoms with van der Waals surface area (Å²) in [6.07, 6.45) is 12.9. The van der Waals surface area contributed by atoms with Crippen LogP contribution in [0.15, 0.2) is 12.2 Å². The molecule has 24 heavy (non-hydrogen) atoms. The number of aliphatic hydroxyl groups excluding tert-OH is 1. The van der Waals surface area contributed by atoms with Crippen LogP contribution in [0.1, 0.15) is 77.6 Å². The lowest BCUT2D eigenvalue weighted by molar-refractivity contribution is -0.137. The maximum absolute atomic E-state index is 11.7. The third-order valence-electron chi connectivity index (χ3n) is 4.64. The summed E-state index contributed by atoms with van der Waals surface area (Å²) < 4.78 is 0. The van der Waals surface area contributed by atoms with Gasteiger partial charge in [0.25, 0.3) is 0 Å². The number of aliphatic carboxylic acids is 1. The molecule has 1 aliphatic rings. The Labute approximate surface area is 145 Å². The molecule has 0 radical (unpaired) electrons. The van der Waals surface area contributed by atoms with Crippen LogP contribution in [0.2, 0.25) is 0 Å². The molecular weight excluding hydrogens is 306 g/mol. The molecule has 0 bridgehead atoms. The molecule has 0 aromatic heterocycles. The zero-order chi connectivity index (χ0) is 17.8. The molecule has 0 aliphatic carbocycles. The van der Waals surface area contributed by atoms with Crippen LogP contribution in [-0.4, -0.2) is 34.2 Å². The van der Waals surface area contributed by atoms with Gasteiger partial charge in [-0.25, -0.2) is 0 Å². The van der Waals surface area contributed by atoms with Gasteiger partial charge in [-0.2, -0.15) is 0 Å². The Hall–Kier alpha value is -1.36. The first-order valence-corrected chi connectivity index (χ1v) is 9.40. The highest BCUT2D eigenvalue weighted by Gasteiger charge is 2.29. The van der Waals surface area contributed by atoms with Crippen molar-refractivity contribution >= 4 is 11.9 Å². The maximum atomic E-state index is 11.7. The number of carboxylic acids is 1. The number of aliphatic hydroxyl groups is 1. The van der Waals surface area contributed by atoms with E-state index in [1.165, 1.54) is 0 Å². The topological polar surface area (TPSA) is 86.6 Å². The Balaban J connectivity index is 2.27. The van der Waals surface area contributed by atoms with Crippen LogP contribution in [0.5, 0.6) is 0 Å². The number of unbranched alkanes of at least 4 members (excludes halogenated alkanes) is 5. The number of carbonyl (C=O) groups excluding carboxylic acids is 1. The normalized spacial score (nSPS) is 22.0. The van der Waals surface area contributed by atoms with E-state index >= 15 is 0 Å². The summed E-state index contributed by atoms with van der Waals surface area (Å²) in [4.78, 5) is 22.1.